The second-order valence-electron chi connectivity index (χ2n) is 5.70. The smallest absolute Gasteiger partial charge is 0.188 e. The molecule has 2 rings (SSSR count). The normalized spacial score (nSPS) is 17.7. The fraction of sp³-hybridized carbons (Fsp3) is 0.588. The van der Waals surface area contributed by atoms with Gasteiger partial charge in [0.15, 0.2) is 5.96 Å². The summed E-state index contributed by atoms with van der Waals surface area (Å²) in [6, 6.07) is 9.75. The summed E-state index contributed by atoms with van der Waals surface area (Å²) < 4.78 is 11.1. The molecule has 6 heteroatoms. The lowest BCUT2D eigenvalue weighted by Gasteiger charge is -2.26. The topological polar surface area (TPSA) is 72.1 Å². The average Bonchev–Trinajstić information content (AvgIpc) is 2.59. The van der Waals surface area contributed by atoms with Gasteiger partial charge in [-0.25, -0.2) is 4.99 Å². The zero-order chi connectivity index (χ0) is 16.3. The van der Waals surface area contributed by atoms with Crippen LogP contribution in [0.15, 0.2) is 35.3 Å². The predicted molar refractivity (Wildman–Crippen MR) is 92.9 cm³/mol. The van der Waals surface area contributed by atoms with Gasteiger partial charge in [0.2, 0.25) is 0 Å². The number of morpholine rings is 1. The number of ether oxygens (including phenoxy) is 2. The molecule has 1 saturated heterocycles. The van der Waals surface area contributed by atoms with E-state index >= 15 is 0 Å². The number of aliphatic imine (C=N–C) groups is 1. The number of benzene rings is 1. The Balaban J connectivity index is 1.57. The number of nitrogens with zero attached hydrogens (tertiary/aromatic N) is 2. The van der Waals surface area contributed by atoms with E-state index in [0.717, 1.165) is 51.6 Å². The Bertz CT molecular complexity index is 461. The van der Waals surface area contributed by atoms with Gasteiger partial charge in [-0.1, -0.05) is 18.2 Å². The van der Waals surface area contributed by atoms with E-state index in [2.05, 4.69) is 15.2 Å². The molecule has 1 heterocycles. The maximum atomic E-state index is 5.88. The minimum Gasteiger partial charge on any atom is -0.489 e. The van der Waals surface area contributed by atoms with Crippen LogP contribution in [0.2, 0.25) is 0 Å². The van der Waals surface area contributed by atoms with Crippen molar-refractivity contribution in [2.24, 2.45) is 10.7 Å². The molecular weight excluding hydrogens is 292 g/mol. The van der Waals surface area contributed by atoms with Gasteiger partial charge in [-0.05, 0) is 32.0 Å². The van der Waals surface area contributed by atoms with Crippen molar-refractivity contribution in [3.63, 3.8) is 0 Å². The lowest BCUT2D eigenvalue weighted by molar-refractivity contribution is 0.0376. The fourth-order valence-electron chi connectivity index (χ4n) is 2.40. The summed E-state index contributed by atoms with van der Waals surface area (Å²) in [6.07, 6.45) is 1.04. The molecule has 3 N–H and O–H groups in total. The molecule has 1 aliphatic rings. The Morgan fingerprint density at radius 3 is 2.83 bits per heavy atom. The number of nitrogens with two attached hydrogens (primary N) is 1. The summed E-state index contributed by atoms with van der Waals surface area (Å²) >= 11 is 0. The Morgan fingerprint density at radius 1 is 1.35 bits per heavy atom. The zero-order valence-electron chi connectivity index (χ0n) is 13.9. The number of rotatable bonds is 8. The molecule has 6 nitrogen and oxygen atoms in total. The predicted octanol–water partition coefficient (Wildman–Crippen LogP) is 1.08. The lowest BCUT2D eigenvalue weighted by atomic mass is 10.3. The summed E-state index contributed by atoms with van der Waals surface area (Å²) in [5.41, 5.74) is 5.88. The molecule has 1 aromatic rings. The van der Waals surface area contributed by atoms with E-state index in [-0.39, 0.29) is 6.10 Å². The number of hydrogen-bond acceptors (Lipinski definition) is 4. The van der Waals surface area contributed by atoms with E-state index in [1.165, 1.54) is 0 Å². The van der Waals surface area contributed by atoms with Gasteiger partial charge >= 0.3 is 0 Å². The van der Waals surface area contributed by atoms with Crippen LogP contribution in [0.1, 0.15) is 13.3 Å². The van der Waals surface area contributed by atoms with Crippen LogP contribution < -0.4 is 15.8 Å². The van der Waals surface area contributed by atoms with Crippen molar-refractivity contribution in [2.75, 3.05) is 45.9 Å². The van der Waals surface area contributed by atoms with Gasteiger partial charge in [0.25, 0.3) is 0 Å². The molecule has 1 atom stereocenters. The first-order valence-corrected chi connectivity index (χ1v) is 8.29. The molecular formula is C17H28N4O2. The summed E-state index contributed by atoms with van der Waals surface area (Å²) in [5, 5.41) is 3.16. The van der Waals surface area contributed by atoms with Gasteiger partial charge in [-0.3, -0.25) is 4.90 Å². The third-order valence-corrected chi connectivity index (χ3v) is 3.66. The highest BCUT2D eigenvalue weighted by atomic mass is 16.5. The Morgan fingerprint density at radius 2 is 2.09 bits per heavy atom. The molecule has 1 aliphatic heterocycles. The van der Waals surface area contributed by atoms with Crippen LogP contribution in [0, 0.1) is 0 Å². The Labute approximate surface area is 138 Å². The van der Waals surface area contributed by atoms with Gasteiger partial charge in [-0.2, -0.15) is 0 Å². The summed E-state index contributed by atoms with van der Waals surface area (Å²) in [5.74, 6) is 1.34. The van der Waals surface area contributed by atoms with Crippen LogP contribution >= 0.6 is 0 Å². The van der Waals surface area contributed by atoms with Crippen LogP contribution in [-0.2, 0) is 4.74 Å². The maximum Gasteiger partial charge on any atom is 0.188 e. The van der Waals surface area contributed by atoms with Crippen LogP contribution in [-0.4, -0.2) is 62.9 Å². The zero-order valence-corrected chi connectivity index (χ0v) is 13.9. The first-order chi connectivity index (χ1) is 11.2. The van der Waals surface area contributed by atoms with E-state index in [0.29, 0.717) is 12.5 Å². The number of hydrogen-bond donors (Lipinski definition) is 2. The molecule has 0 bridgehead atoms. The highest BCUT2D eigenvalue weighted by Crippen LogP contribution is 2.10. The van der Waals surface area contributed by atoms with E-state index in [1.54, 1.807) is 0 Å². The first kappa shape index (κ1) is 17.6. The Kier molecular flexibility index (Phi) is 7.69. The standard InChI is InChI=1S/C17H28N4O2/c1-15(23-16-6-3-2-4-7-16)14-20-17(18)19-8-5-9-21-10-12-22-13-11-21/h2-4,6-7,15H,5,8-14H2,1H3,(H3,18,19,20). The molecule has 1 aromatic carbocycles. The SMILES string of the molecule is CC(CN=C(N)NCCCN1CCOCC1)Oc1ccccc1. The molecule has 0 aliphatic carbocycles. The number of nitrogens with one attached hydrogen (secondary N) is 1. The Hall–Kier alpha value is -1.79. The van der Waals surface area contributed by atoms with Gasteiger partial charge in [-0.15, -0.1) is 0 Å². The fourth-order valence-corrected chi connectivity index (χ4v) is 2.40. The van der Waals surface area contributed by atoms with Gasteiger partial charge < -0.3 is 20.5 Å². The molecule has 128 valence electrons. The van der Waals surface area contributed by atoms with Crippen molar-refractivity contribution in [1.82, 2.24) is 10.2 Å². The number of para-hydroxylation sites is 1. The minimum atomic E-state index is -0.00824. The minimum absolute atomic E-state index is 0.00824. The lowest BCUT2D eigenvalue weighted by Crippen LogP contribution is -2.39. The second-order valence-corrected chi connectivity index (χ2v) is 5.70. The molecule has 0 radical (unpaired) electrons. The molecule has 0 saturated carbocycles. The van der Waals surface area contributed by atoms with Gasteiger partial charge in [0.05, 0.1) is 19.8 Å². The van der Waals surface area contributed by atoms with Crippen molar-refractivity contribution in [3.05, 3.63) is 30.3 Å². The highest BCUT2D eigenvalue weighted by Gasteiger charge is 2.09. The third-order valence-electron chi connectivity index (χ3n) is 3.66. The monoisotopic (exact) mass is 320 g/mol. The van der Waals surface area contributed by atoms with Gasteiger partial charge in [0.1, 0.15) is 11.9 Å². The van der Waals surface area contributed by atoms with Crippen molar-refractivity contribution in [2.45, 2.75) is 19.4 Å². The molecule has 0 spiro atoms. The number of guanidine groups is 1. The average molecular weight is 320 g/mol. The van der Waals surface area contributed by atoms with Crippen LogP contribution in [0.5, 0.6) is 5.75 Å². The molecule has 23 heavy (non-hydrogen) atoms. The first-order valence-electron chi connectivity index (χ1n) is 8.29. The summed E-state index contributed by atoms with van der Waals surface area (Å²) in [7, 11) is 0. The van der Waals surface area contributed by atoms with E-state index in [9.17, 15) is 0 Å². The van der Waals surface area contributed by atoms with Gasteiger partial charge in [0, 0.05) is 19.6 Å². The van der Waals surface area contributed by atoms with Crippen molar-refractivity contribution < 1.29 is 9.47 Å². The summed E-state index contributed by atoms with van der Waals surface area (Å²) in [4.78, 5) is 6.74. The van der Waals surface area contributed by atoms with Crippen LogP contribution in [0.4, 0.5) is 0 Å². The van der Waals surface area contributed by atoms with Crippen molar-refractivity contribution >= 4 is 5.96 Å². The quantitative estimate of drug-likeness (QED) is 0.426. The van der Waals surface area contributed by atoms with Crippen molar-refractivity contribution in [3.8, 4) is 5.75 Å². The second kappa shape index (κ2) is 10.1. The van der Waals surface area contributed by atoms with E-state index in [1.807, 2.05) is 37.3 Å². The molecule has 0 aromatic heterocycles. The molecule has 1 unspecified atom stereocenters. The van der Waals surface area contributed by atoms with E-state index < -0.39 is 0 Å². The van der Waals surface area contributed by atoms with Crippen molar-refractivity contribution in [1.29, 1.82) is 0 Å². The maximum absolute atomic E-state index is 5.88. The highest BCUT2D eigenvalue weighted by molar-refractivity contribution is 5.77. The van der Waals surface area contributed by atoms with E-state index in [4.69, 9.17) is 15.2 Å². The largest absolute Gasteiger partial charge is 0.489 e. The summed E-state index contributed by atoms with van der Waals surface area (Å²) in [6.45, 7) is 8.17. The molecule has 1 fully saturated rings. The molecule has 0 amide bonds. The van der Waals surface area contributed by atoms with Crippen LogP contribution in [0.25, 0.3) is 0 Å². The van der Waals surface area contributed by atoms with Crippen LogP contribution in [0.3, 0.4) is 0 Å². The third kappa shape index (κ3) is 7.34.